The molecular formula is C20H22F3NO5. The van der Waals surface area contributed by atoms with Gasteiger partial charge in [-0.1, -0.05) is 6.07 Å². The monoisotopic (exact) mass is 413 g/mol. The van der Waals surface area contributed by atoms with Crippen LogP contribution in [0.5, 0.6) is 0 Å². The predicted molar refractivity (Wildman–Crippen MR) is 97.9 cm³/mol. The summed E-state index contributed by atoms with van der Waals surface area (Å²) in [7, 11) is 0. The number of hydrogen-bond acceptors (Lipinski definition) is 5. The highest BCUT2D eigenvalue weighted by Gasteiger charge is 2.44. The van der Waals surface area contributed by atoms with E-state index in [-0.39, 0.29) is 11.1 Å². The maximum atomic E-state index is 13.0. The summed E-state index contributed by atoms with van der Waals surface area (Å²) in [6, 6.07) is 2.57. The van der Waals surface area contributed by atoms with Crippen LogP contribution in [0.2, 0.25) is 0 Å². The van der Waals surface area contributed by atoms with E-state index in [1.165, 1.54) is 13.8 Å². The van der Waals surface area contributed by atoms with Crippen LogP contribution in [0.25, 0.3) is 5.76 Å². The Hall–Kier alpha value is -2.84. The van der Waals surface area contributed by atoms with E-state index in [9.17, 15) is 32.7 Å². The molecule has 6 nitrogen and oxygen atoms in total. The van der Waals surface area contributed by atoms with Crippen LogP contribution in [0.1, 0.15) is 51.3 Å². The third kappa shape index (κ3) is 4.60. The van der Waals surface area contributed by atoms with Gasteiger partial charge in [0.25, 0.3) is 5.91 Å². The summed E-state index contributed by atoms with van der Waals surface area (Å²) in [5.41, 5.74) is -3.96. The van der Waals surface area contributed by atoms with E-state index >= 15 is 0 Å². The molecule has 1 aliphatic rings. The number of hydrogen-bond donors (Lipinski definition) is 2. The van der Waals surface area contributed by atoms with Gasteiger partial charge in [-0.05, 0) is 52.3 Å². The fourth-order valence-corrected chi connectivity index (χ4v) is 2.95. The molecule has 1 aliphatic carbocycles. The lowest BCUT2D eigenvalue weighted by atomic mass is 9.70. The lowest BCUT2D eigenvalue weighted by molar-refractivity contribution is -0.154. The predicted octanol–water partition coefficient (Wildman–Crippen LogP) is 3.29. The van der Waals surface area contributed by atoms with Crippen molar-refractivity contribution < 1.29 is 37.4 Å². The number of ether oxygens (including phenoxy) is 1. The Morgan fingerprint density at radius 2 is 1.76 bits per heavy atom. The molecular weight excluding hydrogens is 391 g/mol. The van der Waals surface area contributed by atoms with Crippen LogP contribution in [0.15, 0.2) is 23.8 Å². The second-order valence-electron chi connectivity index (χ2n) is 8.20. The van der Waals surface area contributed by atoms with Gasteiger partial charge in [0.15, 0.2) is 5.78 Å². The highest BCUT2D eigenvalue weighted by molar-refractivity contribution is 6.28. The second kappa shape index (κ2) is 7.20. The quantitative estimate of drug-likeness (QED) is 0.586. The summed E-state index contributed by atoms with van der Waals surface area (Å²) >= 11 is 0. The Bertz CT molecular complexity index is 908. The van der Waals surface area contributed by atoms with Crippen molar-refractivity contribution in [1.82, 2.24) is 5.32 Å². The number of aliphatic hydroxyl groups excluding tert-OH is 1. The number of rotatable bonds is 3. The minimum absolute atomic E-state index is 0.0430. The molecule has 2 rings (SSSR count). The van der Waals surface area contributed by atoms with Gasteiger partial charge in [-0.3, -0.25) is 14.4 Å². The zero-order valence-corrected chi connectivity index (χ0v) is 16.7. The zero-order chi connectivity index (χ0) is 22.4. The Balaban J connectivity index is 2.40. The van der Waals surface area contributed by atoms with Crippen LogP contribution < -0.4 is 5.32 Å². The lowest BCUT2D eigenvalue weighted by Crippen LogP contribution is -2.43. The number of carbonyl (C=O) groups excluding carboxylic acids is 3. The molecule has 1 aromatic rings. The molecule has 9 heteroatoms. The van der Waals surface area contributed by atoms with Crippen molar-refractivity contribution in [3.63, 3.8) is 0 Å². The maximum Gasteiger partial charge on any atom is 0.416 e. The van der Waals surface area contributed by atoms with E-state index in [1.54, 1.807) is 20.8 Å². The number of alkyl halides is 3. The number of aliphatic hydroxyl groups is 1. The molecule has 0 heterocycles. The van der Waals surface area contributed by atoms with Crippen molar-refractivity contribution in [3.05, 3.63) is 40.5 Å². The van der Waals surface area contributed by atoms with E-state index in [0.717, 1.165) is 18.2 Å². The van der Waals surface area contributed by atoms with E-state index in [0.29, 0.717) is 0 Å². The van der Waals surface area contributed by atoms with Gasteiger partial charge in [-0.15, -0.1) is 0 Å². The van der Waals surface area contributed by atoms with Gasteiger partial charge in [0.05, 0.1) is 11.0 Å². The molecule has 0 aliphatic heterocycles. The van der Waals surface area contributed by atoms with E-state index < -0.39 is 58.3 Å². The smallest absolute Gasteiger partial charge is 0.416 e. The van der Waals surface area contributed by atoms with Crippen molar-refractivity contribution in [1.29, 1.82) is 0 Å². The van der Waals surface area contributed by atoms with E-state index in [1.807, 2.05) is 0 Å². The van der Waals surface area contributed by atoms with Gasteiger partial charge >= 0.3 is 12.1 Å². The Morgan fingerprint density at radius 1 is 1.17 bits per heavy atom. The van der Waals surface area contributed by atoms with Gasteiger partial charge < -0.3 is 15.2 Å². The first kappa shape index (κ1) is 22.4. The molecule has 0 bridgehead atoms. The topological polar surface area (TPSA) is 92.7 Å². The van der Waals surface area contributed by atoms with Crippen LogP contribution in [0.3, 0.4) is 0 Å². The molecule has 0 spiro atoms. The number of halogens is 3. The molecule has 2 N–H and O–H groups in total. The molecule has 0 radical (unpaired) electrons. The SMILES string of the molecule is CC(C)(C)OC(=O)CNC(=O)C1=C(O)c2ccc(C(F)(F)F)cc2C(C)(C)C1=O. The van der Waals surface area contributed by atoms with Crippen LogP contribution in [-0.2, 0) is 30.7 Å². The molecule has 0 saturated heterocycles. The van der Waals surface area contributed by atoms with Gasteiger partial charge in [0.2, 0.25) is 0 Å². The maximum absolute atomic E-state index is 13.0. The highest BCUT2D eigenvalue weighted by atomic mass is 19.4. The lowest BCUT2D eigenvalue weighted by Gasteiger charge is -2.32. The first-order valence-electron chi connectivity index (χ1n) is 8.76. The third-order valence-corrected chi connectivity index (χ3v) is 4.35. The van der Waals surface area contributed by atoms with Crippen LogP contribution >= 0.6 is 0 Å². The molecule has 158 valence electrons. The number of benzene rings is 1. The van der Waals surface area contributed by atoms with Gasteiger partial charge in [-0.25, -0.2) is 0 Å². The van der Waals surface area contributed by atoms with Crippen molar-refractivity contribution in [2.75, 3.05) is 6.54 Å². The molecule has 29 heavy (non-hydrogen) atoms. The number of esters is 1. The number of Topliss-reactive ketones (excluding diaryl/α,β-unsaturated/α-hetero) is 1. The first-order valence-corrected chi connectivity index (χ1v) is 8.76. The Kier molecular flexibility index (Phi) is 5.57. The largest absolute Gasteiger partial charge is 0.506 e. The molecule has 1 amide bonds. The van der Waals surface area contributed by atoms with Gasteiger partial charge in [-0.2, -0.15) is 13.2 Å². The van der Waals surface area contributed by atoms with E-state index in [4.69, 9.17) is 4.74 Å². The molecule has 0 unspecified atom stereocenters. The van der Waals surface area contributed by atoms with Crippen LogP contribution in [0.4, 0.5) is 13.2 Å². The standard InChI is InChI=1S/C20H22F3NO5/c1-18(2,3)29-13(25)9-24-17(28)14-15(26)11-7-6-10(20(21,22)23)8-12(11)19(4,5)16(14)27/h6-8,26H,9H2,1-5H3,(H,24,28). The fraction of sp³-hybridized carbons (Fsp3) is 0.450. The molecule has 1 aromatic carbocycles. The summed E-state index contributed by atoms with van der Waals surface area (Å²) in [6.07, 6.45) is -4.63. The first-order chi connectivity index (χ1) is 13.1. The average molecular weight is 413 g/mol. The summed E-state index contributed by atoms with van der Waals surface area (Å²) in [4.78, 5) is 37.1. The molecule has 0 saturated carbocycles. The van der Waals surface area contributed by atoms with Crippen molar-refractivity contribution in [2.45, 2.75) is 51.8 Å². The van der Waals surface area contributed by atoms with Gasteiger partial charge in [0, 0.05) is 5.56 Å². The number of nitrogens with one attached hydrogen (secondary N) is 1. The summed E-state index contributed by atoms with van der Waals surface area (Å²) in [6.45, 7) is 7.10. The van der Waals surface area contributed by atoms with Crippen molar-refractivity contribution in [3.8, 4) is 0 Å². The third-order valence-electron chi connectivity index (χ3n) is 4.35. The second-order valence-corrected chi connectivity index (χ2v) is 8.20. The van der Waals surface area contributed by atoms with Crippen molar-refractivity contribution in [2.24, 2.45) is 0 Å². The zero-order valence-electron chi connectivity index (χ0n) is 16.7. The summed E-state index contributed by atoms with van der Waals surface area (Å²) < 4.78 is 44.2. The molecule has 0 fully saturated rings. The number of amides is 1. The minimum Gasteiger partial charge on any atom is -0.506 e. The van der Waals surface area contributed by atoms with Crippen LogP contribution in [-0.4, -0.2) is 34.9 Å². The Labute approximate surface area is 165 Å². The number of ketones is 1. The normalized spacial score (nSPS) is 16.3. The number of carbonyl (C=O) groups is 3. The Morgan fingerprint density at radius 3 is 2.28 bits per heavy atom. The van der Waals surface area contributed by atoms with E-state index in [2.05, 4.69) is 5.32 Å². The van der Waals surface area contributed by atoms with Gasteiger partial charge in [0.1, 0.15) is 23.5 Å². The fourth-order valence-electron chi connectivity index (χ4n) is 2.95. The molecule has 0 atom stereocenters. The minimum atomic E-state index is -4.63. The molecule has 0 aromatic heterocycles. The van der Waals surface area contributed by atoms with Crippen LogP contribution in [0, 0.1) is 0 Å². The van der Waals surface area contributed by atoms with Crippen molar-refractivity contribution >= 4 is 23.4 Å². The average Bonchev–Trinajstić information content (AvgIpc) is 2.56. The number of fused-ring (bicyclic) bond motifs is 1. The summed E-state index contributed by atoms with van der Waals surface area (Å²) in [5, 5.41) is 12.6. The highest BCUT2D eigenvalue weighted by Crippen LogP contribution is 2.42. The summed E-state index contributed by atoms with van der Waals surface area (Å²) in [5.74, 6) is -3.36.